The lowest BCUT2D eigenvalue weighted by molar-refractivity contribution is 0.588. The van der Waals surface area contributed by atoms with Crippen molar-refractivity contribution < 1.29 is 4.42 Å². The van der Waals surface area contributed by atoms with E-state index in [1.54, 1.807) is 0 Å². The number of benzene rings is 3. The molecule has 0 aliphatic rings. The van der Waals surface area contributed by atoms with Crippen molar-refractivity contribution in [2.45, 2.75) is 0 Å². The summed E-state index contributed by atoms with van der Waals surface area (Å²) < 4.78 is 7.41. The summed E-state index contributed by atoms with van der Waals surface area (Å²) in [6, 6.07) is 28.4. The van der Waals surface area contributed by atoms with E-state index in [0.29, 0.717) is 17.5 Å². The minimum atomic E-state index is -0.530. The van der Waals surface area contributed by atoms with Crippen LogP contribution in [0.2, 0.25) is 5.02 Å². The van der Waals surface area contributed by atoms with E-state index in [1.165, 1.54) is 10.8 Å². The molecular formula is C25H17ClN4O2. The van der Waals surface area contributed by atoms with Gasteiger partial charge in [-0.3, -0.25) is 0 Å². The van der Waals surface area contributed by atoms with E-state index in [4.69, 9.17) is 16.0 Å². The summed E-state index contributed by atoms with van der Waals surface area (Å²) in [6.07, 6.45) is 1.50. The van der Waals surface area contributed by atoms with Gasteiger partial charge in [0.15, 0.2) is 17.4 Å². The zero-order valence-corrected chi connectivity index (χ0v) is 17.5. The largest absolute Gasteiger partial charge is 0.434 e. The molecule has 2 heterocycles. The maximum absolute atomic E-state index is 13.0. The number of rotatable bonds is 5. The van der Waals surface area contributed by atoms with Crippen molar-refractivity contribution in [3.63, 3.8) is 0 Å². The van der Waals surface area contributed by atoms with Crippen molar-refractivity contribution in [2.24, 2.45) is 0 Å². The highest BCUT2D eigenvalue weighted by atomic mass is 35.5. The first kappa shape index (κ1) is 19.8. The molecule has 6 nitrogen and oxygen atoms in total. The second kappa shape index (κ2) is 8.53. The van der Waals surface area contributed by atoms with Crippen LogP contribution in [0.3, 0.4) is 0 Å². The number of oxazole rings is 1. The van der Waals surface area contributed by atoms with Crippen LogP contribution in [0.15, 0.2) is 106 Å². The highest BCUT2D eigenvalue weighted by molar-refractivity contribution is 6.32. The van der Waals surface area contributed by atoms with Crippen molar-refractivity contribution in [3.05, 3.63) is 113 Å². The summed E-state index contributed by atoms with van der Waals surface area (Å²) in [6.45, 7) is 0. The van der Waals surface area contributed by atoms with Gasteiger partial charge in [-0.05, 0) is 24.3 Å². The Hall–Kier alpha value is -4.16. The number of halogens is 1. The Labute approximate surface area is 188 Å². The van der Waals surface area contributed by atoms with Gasteiger partial charge < -0.3 is 9.73 Å². The number of nitrogens with one attached hydrogen (secondary N) is 1. The second-order valence-corrected chi connectivity index (χ2v) is 7.39. The molecule has 1 N–H and O–H groups in total. The van der Waals surface area contributed by atoms with Crippen LogP contribution < -0.4 is 11.0 Å². The quantitative estimate of drug-likeness (QED) is 0.365. The molecule has 0 saturated carbocycles. The summed E-state index contributed by atoms with van der Waals surface area (Å²) >= 11 is 6.48. The first-order valence-electron chi connectivity index (χ1n) is 9.92. The third kappa shape index (κ3) is 3.91. The topological polar surface area (TPSA) is 73.0 Å². The van der Waals surface area contributed by atoms with E-state index in [0.717, 1.165) is 16.8 Å². The van der Waals surface area contributed by atoms with Crippen LogP contribution in [0.5, 0.6) is 0 Å². The van der Waals surface area contributed by atoms with E-state index in [-0.39, 0.29) is 10.8 Å². The zero-order valence-electron chi connectivity index (χ0n) is 16.8. The van der Waals surface area contributed by atoms with E-state index < -0.39 is 5.69 Å². The lowest BCUT2D eigenvalue weighted by atomic mass is 10.2. The van der Waals surface area contributed by atoms with Crippen LogP contribution in [-0.2, 0) is 0 Å². The molecule has 0 unspecified atom stereocenters. The number of hydrogen-bond acceptors (Lipinski definition) is 5. The predicted octanol–water partition coefficient (Wildman–Crippen LogP) is 5.95. The van der Waals surface area contributed by atoms with Crippen LogP contribution in [0, 0.1) is 0 Å². The van der Waals surface area contributed by atoms with E-state index in [2.05, 4.69) is 15.3 Å². The van der Waals surface area contributed by atoms with E-state index in [9.17, 15) is 4.79 Å². The van der Waals surface area contributed by atoms with Crippen molar-refractivity contribution in [1.29, 1.82) is 0 Å². The fraction of sp³-hybridized carbons (Fsp3) is 0. The van der Waals surface area contributed by atoms with Crippen LogP contribution in [0.4, 0.5) is 11.5 Å². The molecule has 3 aromatic carbocycles. The Morgan fingerprint density at radius 3 is 2.03 bits per heavy atom. The number of hydrogen-bond donors (Lipinski definition) is 1. The fourth-order valence-corrected chi connectivity index (χ4v) is 3.47. The maximum atomic E-state index is 13.0. The Balaban J connectivity index is 1.63. The normalized spacial score (nSPS) is 10.8. The van der Waals surface area contributed by atoms with Gasteiger partial charge in [-0.2, -0.15) is 9.97 Å². The van der Waals surface area contributed by atoms with Gasteiger partial charge in [0.05, 0.1) is 0 Å². The maximum Gasteiger partial charge on any atom is 0.355 e. The predicted molar refractivity (Wildman–Crippen MR) is 126 cm³/mol. The lowest BCUT2D eigenvalue weighted by Gasteiger charge is -2.09. The first-order valence-corrected chi connectivity index (χ1v) is 10.3. The van der Waals surface area contributed by atoms with Gasteiger partial charge in [0, 0.05) is 23.0 Å². The zero-order chi connectivity index (χ0) is 21.9. The van der Waals surface area contributed by atoms with Gasteiger partial charge in [0.25, 0.3) is 0 Å². The third-order valence-corrected chi connectivity index (χ3v) is 5.09. The average Bonchev–Trinajstić information content (AvgIpc) is 3.28. The van der Waals surface area contributed by atoms with E-state index in [1.807, 2.05) is 91.0 Å². The van der Waals surface area contributed by atoms with Gasteiger partial charge in [-0.1, -0.05) is 78.3 Å². The van der Waals surface area contributed by atoms with Gasteiger partial charge in [-0.15, -0.1) is 0 Å². The molecule has 5 rings (SSSR count). The molecule has 5 aromatic rings. The Kier molecular flexibility index (Phi) is 5.27. The number of nitrogens with zero attached hydrogens (tertiary/aromatic N) is 3. The molecular weight excluding hydrogens is 424 g/mol. The smallest absolute Gasteiger partial charge is 0.355 e. The molecule has 0 aliphatic carbocycles. The highest BCUT2D eigenvalue weighted by Crippen LogP contribution is 2.32. The highest BCUT2D eigenvalue weighted by Gasteiger charge is 2.20. The summed E-state index contributed by atoms with van der Waals surface area (Å²) in [5, 5.41) is 3.34. The lowest BCUT2D eigenvalue weighted by Crippen LogP contribution is -2.22. The monoisotopic (exact) mass is 440 g/mol. The Bertz CT molecular complexity index is 1420. The molecule has 32 heavy (non-hydrogen) atoms. The average molecular weight is 441 g/mol. The summed E-state index contributed by atoms with van der Waals surface area (Å²) in [5.41, 5.74) is 1.83. The Morgan fingerprint density at radius 2 is 1.38 bits per heavy atom. The first-order chi connectivity index (χ1) is 15.7. The van der Waals surface area contributed by atoms with Crippen LogP contribution in [0.1, 0.15) is 0 Å². The summed E-state index contributed by atoms with van der Waals surface area (Å²) in [7, 11) is 0. The SMILES string of the molecule is O=c1nc(Nc2ccccc2)c(Cl)cn1-c1nc(-c2ccccc2)oc1-c1ccccc1. The van der Waals surface area contributed by atoms with Crippen LogP contribution in [0.25, 0.3) is 28.6 Å². The number of anilines is 2. The summed E-state index contributed by atoms with van der Waals surface area (Å²) in [5.74, 6) is 1.44. The van der Waals surface area contributed by atoms with Gasteiger partial charge >= 0.3 is 5.69 Å². The van der Waals surface area contributed by atoms with Crippen LogP contribution in [-0.4, -0.2) is 14.5 Å². The van der Waals surface area contributed by atoms with Gasteiger partial charge in [0.2, 0.25) is 5.89 Å². The van der Waals surface area contributed by atoms with Crippen LogP contribution >= 0.6 is 11.6 Å². The number of para-hydroxylation sites is 1. The van der Waals surface area contributed by atoms with Crippen molar-refractivity contribution in [2.75, 3.05) is 5.32 Å². The van der Waals surface area contributed by atoms with Gasteiger partial charge in [-0.25, -0.2) is 9.36 Å². The van der Waals surface area contributed by atoms with Crippen molar-refractivity contribution >= 4 is 23.1 Å². The molecule has 0 aliphatic heterocycles. The third-order valence-electron chi connectivity index (χ3n) is 4.81. The second-order valence-electron chi connectivity index (χ2n) is 6.98. The minimum Gasteiger partial charge on any atom is -0.434 e. The molecule has 0 atom stereocenters. The van der Waals surface area contributed by atoms with Crippen molar-refractivity contribution in [3.8, 4) is 28.6 Å². The summed E-state index contributed by atoms with van der Waals surface area (Å²) in [4.78, 5) is 21.7. The molecule has 7 heteroatoms. The van der Waals surface area contributed by atoms with Gasteiger partial charge in [0.1, 0.15) is 5.02 Å². The fourth-order valence-electron chi connectivity index (χ4n) is 3.29. The molecule has 156 valence electrons. The standard InChI is InChI=1S/C25H17ClN4O2/c26-20-16-30(25(31)28-22(20)27-19-14-8-3-9-15-19)23-21(17-10-4-1-5-11-17)32-24(29-23)18-12-6-2-7-13-18/h1-16H,(H,27,28,31). The Morgan fingerprint density at radius 1 is 0.781 bits per heavy atom. The molecule has 0 amide bonds. The minimum absolute atomic E-state index is 0.271. The molecule has 0 fully saturated rings. The van der Waals surface area contributed by atoms with E-state index >= 15 is 0 Å². The molecule has 0 radical (unpaired) electrons. The molecule has 0 spiro atoms. The molecule has 0 bridgehead atoms. The number of aromatic nitrogens is 3. The van der Waals surface area contributed by atoms with Crippen molar-refractivity contribution in [1.82, 2.24) is 14.5 Å². The molecule has 2 aromatic heterocycles. The molecule has 0 saturated heterocycles.